The lowest BCUT2D eigenvalue weighted by Crippen LogP contribution is -1.95. The molecule has 1 aliphatic heterocycles. The predicted octanol–water partition coefficient (Wildman–Crippen LogP) is 1.74. The number of nitrogens with zero attached hydrogens (tertiary/aromatic N) is 2. The summed E-state index contributed by atoms with van der Waals surface area (Å²) >= 11 is 0. The first kappa shape index (κ1) is 4.50. The van der Waals surface area contributed by atoms with Gasteiger partial charge in [-0.25, -0.2) is 0 Å². The van der Waals surface area contributed by atoms with Crippen molar-refractivity contribution in [1.82, 2.24) is 0 Å². The van der Waals surface area contributed by atoms with E-state index < -0.39 is 0 Å². The van der Waals surface area contributed by atoms with Crippen LogP contribution in [0.25, 0.3) is 0 Å². The van der Waals surface area contributed by atoms with Gasteiger partial charge in [-0.05, 0) is 13.3 Å². The van der Waals surface area contributed by atoms with Gasteiger partial charge in [-0.1, -0.05) is 6.08 Å². The smallest absolute Gasteiger partial charge is 0.0719 e. The van der Waals surface area contributed by atoms with E-state index >= 15 is 0 Å². The van der Waals surface area contributed by atoms with Gasteiger partial charge < -0.3 is 0 Å². The molecule has 0 amide bonds. The minimum Gasteiger partial charge on any atom is -0.186 e. The Morgan fingerprint density at radius 1 is 1.71 bits per heavy atom. The summed E-state index contributed by atoms with van der Waals surface area (Å²) in [5.74, 6) is 0. The molecule has 0 saturated carbocycles. The monoisotopic (exact) mass is 96.1 g/mol. The van der Waals surface area contributed by atoms with Crippen LogP contribution in [0.4, 0.5) is 0 Å². The van der Waals surface area contributed by atoms with Crippen molar-refractivity contribution in [2.24, 2.45) is 10.2 Å². The number of rotatable bonds is 0. The minimum atomic E-state index is 0.407. The fraction of sp³-hybridized carbons (Fsp3) is 0.600. The van der Waals surface area contributed by atoms with E-state index in [1.54, 1.807) is 6.20 Å². The summed E-state index contributed by atoms with van der Waals surface area (Å²) in [5, 5.41) is 7.57. The molecule has 0 aromatic rings. The van der Waals surface area contributed by atoms with E-state index in [9.17, 15) is 0 Å². The maximum Gasteiger partial charge on any atom is 0.0719 e. The lowest BCUT2D eigenvalue weighted by Gasteiger charge is -2.00. The highest BCUT2D eigenvalue weighted by Crippen LogP contribution is 2.03. The third-order valence-electron chi connectivity index (χ3n) is 0.913. The average Bonchev–Trinajstić information content (AvgIpc) is 1.69. The number of hydrogen-bond acceptors (Lipinski definition) is 2. The zero-order valence-corrected chi connectivity index (χ0v) is 4.33. The minimum absolute atomic E-state index is 0.407. The zero-order chi connectivity index (χ0) is 5.11. The molecular formula is C5H8N2. The van der Waals surface area contributed by atoms with Gasteiger partial charge >= 0.3 is 0 Å². The third-order valence-corrected chi connectivity index (χ3v) is 0.913. The maximum absolute atomic E-state index is 3.87. The van der Waals surface area contributed by atoms with E-state index in [1.165, 1.54) is 0 Å². The first-order valence-electron chi connectivity index (χ1n) is 2.44. The Kier molecular flexibility index (Phi) is 1.20. The summed E-state index contributed by atoms with van der Waals surface area (Å²) in [5.41, 5.74) is 0. The predicted molar refractivity (Wildman–Crippen MR) is 28.1 cm³/mol. The Hall–Kier alpha value is -0.660. The molecule has 0 fully saturated rings. The van der Waals surface area contributed by atoms with Crippen LogP contribution in [-0.2, 0) is 0 Å². The quantitative estimate of drug-likeness (QED) is 0.439. The Bertz CT molecular complexity index is 105. The van der Waals surface area contributed by atoms with Crippen molar-refractivity contribution in [3.05, 3.63) is 12.3 Å². The van der Waals surface area contributed by atoms with Crippen molar-refractivity contribution in [3.63, 3.8) is 0 Å². The van der Waals surface area contributed by atoms with Crippen LogP contribution in [0.2, 0.25) is 0 Å². The molecule has 2 nitrogen and oxygen atoms in total. The van der Waals surface area contributed by atoms with Crippen molar-refractivity contribution >= 4 is 0 Å². The van der Waals surface area contributed by atoms with Gasteiger partial charge in [-0.15, -0.1) is 0 Å². The third kappa shape index (κ3) is 1.11. The molecular weight excluding hydrogens is 88.1 g/mol. The normalized spacial score (nSPS) is 28.4. The van der Waals surface area contributed by atoms with Crippen molar-refractivity contribution in [3.8, 4) is 0 Å². The van der Waals surface area contributed by atoms with E-state index in [4.69, 9.17) is 0 Å². The topological polar surface area (TPSA) is 24.7 Å². The van der Waals surface area contributed by atoms with Gasteiger partial charge in [0.2, 0.25) is 0 Å². The summed E-state index contributed by atoms with van der Waals surface area (Å²) in [7, 11) is 0. The summed E-state index contributed by atoms with van der Waals surface area (Å²) in [4.78, 5) is 0. The molecule has 0 aromatic carbocycles. The van der Waals surface area contributed by atoms with Crippen LogP contribution in [0.15, 0.2) is 22.5 Å². The Labute approximate surface area is 43.0 Å². The SMILES string of the molecule is CC1CC=CN=N1. The maximum atomic E-state index is 3.87. The second-order valence-corrected chi connectivity index (χ2v) is 1.70. The van der Waals surface area contributed by atoms with E-state index in [0.717, 1.165) is 6.42 Å². The van der Waals surface area contributed by atoms with Crippen molar-refractivity contribution in [2.45, 2.75) is 19.4 Å². The molecule has 1 rings (SSSR count). The van der Waals surface area contributed by atoms with Crippen LogP contribution < -0.4 is 0 Å². The molecule has 1 unspecified atom stereocenters. The van der Waals surface area contributed by atoms with Crippen molar-refractivity contribution < 1.29 is 0 Å². The van der Waals surface area contributed by atoms with Gasteiger partial charge in [0, 0.05) is 6.20 Å². The molecule has 0 bridgehead atoms. The van der Waals surface area contributed by atoms with Crippen LogP contribution in [0.5, 0.6) is 0 Å². The van der Waals surface area contributed by atoms with E-state index in [1.807, 2.05) is 13.0 Å². The van der Waals surface area contributed by atoms with E-state index in [-0.39, 0.29) is 0 Å². The van der Waals surface area contributed by atoms with Crippen LogP contribution >= 0.6 is 0 Å². The van der Waals surface area contributed by atoms with Crippen LogP contribution in [-0.4, -0.2) is 6.04 Å². The molecule has 2 heteroatoms. The molecule has 1 heterocycles. The first-order valence-corrected chi connectivity index (χ1v) is 2.44. The van der Waals surface area contributed by atoms with Crippen LogP contribution in [0.3, 0.4) is 0 Å². The van der Waals surface area contributed by atoms with Crippen molar-refractivity contribution in [1.29, 1.82) is 0 Å². The molecule has 1 aliphatic rings. The molecule has 0 spiro atoms. The summed E-state index contributed by atoms with van der Waals surface area (Å²) < 4.78 is 0. The lowest BCUT2D eigenvalue weighted by molar-refractivity contribution is 0.694. The van der Waals surface area contributed by atoms with Gasteiger partial charge in [-0.3, -0.25) is 0 Å². The molecule has 0 radical (unpaired) electrons. The molecule has 0 saturated heterocycles. The Morgan fingerprint density at radius 3 is 2.86 bits per heavy atom. The van der Waals surface area contributed by atoms with Crippen molar-refractivity contribution in [2.75, 3.05) is 0 Å². The molecule has 0 aromatic heterocycles. The van der Waals surface area contributed by atoms with Crippen LogP contribution in [0.1, 0.15) is 13.3 Å². The highest BCUT2D eigenvalue weighted by atomic mass is 15.1. The number of hydrogen-bond donors (Lipinski definition) is 0. The van der Waals surface area contributed by atoms with Gasteiger partial charge in [0.25, 0.3) is 0 Å². The van der Waals surface area contributed by atoms with Gasteiger partial charge in [-0.2, -0.15) is 10.2 Å². The van der Waals surface area contributed by atoms with E-state index in [0.29, 0.717) is 6.04 Å². The molecule has 1 atom stereocenters. The fourth-order valence-electron chi connectivity index (χ4n) is 0.504. The van der Waals surface area contributed by atoms with Gasteiger partial charge in [0.1, 0.15) is 0 Å². The van der Waals surface area contributed by atoms with Crippen LogP contribution in [0, 0.1) is 0 Å². The summed E-state index contributed by atoms with van der Waals surface area (Å²) in [6.45, 7) is 2.05. The molecule has 7 heavy (non-hydrogen) atoms. The largest absolute Gasteiger partial charge is 0.186 e. The second-order valence-electron chi connectivity index (χ2n) is 1.70. The molecule has 0 aliphatic carbocycles. The zero-order valence-electron chi connectivity index (χ0n) is 4.33. The Balaban J connectivity index is 2.49. The first-order chi connectivity index (χ1) is 3.39. The summed E-state index contributed by atoms with van der Waals surface area (Å²) in [6.07, 6.45) is 4.81. The lowest BCUT2D eigenvalue weighted by atomic mass is 10.2. The standard InChI is InChI=1S/C5H8N2/c1-5-3-2-4-6-7-5/h2,4-5H,3H2,1H3. The Morgan fingerprint density at radius 2 is 2.57 bits per heavy atom. The highest BCUT2D eigenvalue weighted by molar-refractivity contribution is 4.86. The molecule has 38 valence electrons. The fourth-order valence-corrected chi connectivity index (χ4v) is 0.504. The molecule has 0 N–H and O–H groups in total. The highest BCUT2D eigenvalue weighted by Gasteiger charge is 1.95. The average molecular weight is 96.1 g/mol. The second kappa shape index (κ2) is 1.87. The van der Waals surface area contributed by atoms with E-state index in [2.05, 4.69) is 10.2 Å². The number of azo groups is 1. The summed E-state index contributed by atoms with van der Waals surface area (Å²) in [6, 6.07) is 0.407. The van der Waals surface area contributed by atoms with Gasteiger partial charge in [0.15, 0.2) is 0 Å². The van der Waals surface area contributed by atoms with Gasteiger partial charge in [0.05, 0.1) is 6.04 Å².